The van der Waals surface area contributed by atoms with Gasteiger partial charge in [0.05, 0.1) is 7.11 Å². The molecule has 0 N–H and O–H groups in total. The Bertz CT molecular complexity index is 205. The first kappa shape index (κ1) is 12.1. The van der Waals surface area contributed by atoms with E-state index in [-0.39, 0.29) is 0 Å². The summed E-state index contributed by atoms with van der Waals surface area (Å²) in [5.74, 6) is 0.743. The predicted molar refractivity (Wildman–Crippen MR) is 58.9 cm³/mol. The Kier molecular flexibility index (Phi) is 4.10. The van der Waals surface area contributed by atoms with Gasteiger partial charge in [-0.25, -0.2) is 8.51 Å². The van der Waals surface area contributed by atoms with Gasteiger partial charge in [0.15, 0.2) is 0 Å². The van der Waals surface area contributed by atoms with E-state index in [9.17, 15) is 4.21 Å². The van der Waals surface area contributed by atoms with Crippen molar-refractivity contribution in [1.82, 2.24) is 4.31 Å². The van der Waals surface area contributed by atoms with Crippen LogP contribution >= 0.6 is 0 Å². The lowest BCUT2D eigenvalue weighted by atomic mass is 9.76. The molecular weight excluding hydrogens is 198 g/mol. The van der Waals surface area contributed by atoms with Crippen LogP contribution in [0.2, 0.25) is 0 Å². The van der Waals surface area contributed by atoms with Gasteiger partial charge in [-0.3, -0.25) is 4.18 Å². The molecule has 0 radical (unpaired) electrons. The van der Waals surface area contributed by atoms with E-state index in [1.807, 2.05) is 4.31 Å². The predicted octanol–water partition coefficient (Wildman–Crippen LogP) is 1.97. The molecule has 1 unspecified atom stereocenters. The molecule has 0 aliphatic carbocycles. The number of hydrogen-bond acceptors (Lipinski definition) is 2. The fraction of sp³-hybridized carbons (Fsp3) is 1.00. The lowest BCUT2D eigenvalue weighted by Gasteiger charge is -2.37. The number of hydrogen-bond donors (Lipinski definition) is 0. The van der Waals surface area contributed by atoms with Gasteiger partial charge in [0, 0.05) is 13.1 Å². The van der Waals surface area contributed by atoms with E-state index in [0.29, 0.717) is 5.41 Å². The third-order valence-corrected chi connectivity index (χ3v) is 4.10. The van der Waals surface area contributed by atoms with Crippen LogP contribution in [0.4, 0.5) is 0 Å². The fourth-order valence-electron chi connectivity index (χ4n) is 1.98. The number of piperidine rings is 1. The van der Waals surface area contributed by atoms with Gasteiger partial charge in [-0.05, 0) is 24.2 Å². The van der Waals surface area contributed by atoms with Crippen LogP contribution in [-0.4, -0.2) is 28.7 Å². The zero-order chi connectivity index (χ0) is 10.8. The van der Waals surface area contributed by atoms with Crippen molar-refractivity contribution >= 4 is 11.3 Å². The first-order valence-electron chi connectivity index (χ1n) is 5.16. The molecule has 1 aliphatic heterocycles. The van der Waals surface area contributed by atoms with E-state index in [2.05, 4.69) is 20.8 Å². The van der Waals surface area contributed by atoms with Crippen LogP contribution in [0.3, 0.4) is 0 Å². The van der Waals surface area contributed by atoms with Crippen LogP contribution in [0, 0.1) is 11.3 Å². The molecule has 1 rings (SSSR count). The Labute approximate surface area is 89.6 Å². The summed E-state index contributed by atoms with van der Waals surface area (Å²) in [4.78, 5) is 0. The van der Waals surface area contributed by atoms with Crippen molar-refractivity contribution in [3.8, 4) is 0 Å². The standard InChI is InChI=1S/C10H21NO2S/c1-10(2,3)9-5-7-11(8-6-9)14(12)13-4/h9H,5-8H2,1-4H3. The van der Waals surface area contributed by atoms with Gasteiger partial charge in [-0.2, -0.15) is 0 Å². The van der Waals surface area contributed by atoms with E-state index >= 15 is 0 Å². The van der Waals surface area contributed by atoms with E-state index in [1.54, 1.807) is 0 Å². The Hall–Kier alpha value is 0.0700. The second kappa shape index (κ2) is 4.73. The SMILES string of the molecule is COS(=O)N1CCC(C(C)(C)C)CC1. The molecule has 1 atom stereocenters. The zero-order valence-electron chi connectivity index (χ0n) is 9.58. The maximum Gasteiger partial charge on any atom is 0.236 e. The quantitative estimate of drug-likeness (QED) is 0.710. The largest absolute Gasteiger partial charge is 0.281 e. The number of rotatable bonds is 2. The van der Waals surface area contributed by atoms with Gasteiger partial charge in [-0.1, -0.05) is 20.8 Å². The normalized spacial score (nSPS) is 23.7. The lowest BCUT2D eigenvalue weighted by molar-refractivity contribution is 0.151. The molecule has 0 saturated carbocycles. The summed E-state index contributed by atoms with van der Waals surface area (Å²) in [5, 5.41) is 0. The average Bonchev–Trinajstić information content (AvgIpc) is 2.15. The molecule has 0 aromatic rings. The Balaban J connectivity index is 2.43. The molecule has 14 heavy (non-hydrogen) atoms. The van der Waals surface area contributed by atoms with Gasteiger partial charge < -0.3 is 0 Å². The van der Waals surface area contributed by atoms with Crippen LogP contribution in [0.5, 0.6) is 0 Å². The van der Waals surface area contributed by atoms with Crippen LogP contribution in [0.1, 0.15) is 33.6 Å². The maximum absolute atomic E-state index is 11.3. The molecule has 0 amide bonds. The van der Waals surface area contributed by atoms with Crippen LogP contribution in [0.15, 0.2) is 0 Å². The number of nitrogens with zero attached hydrogens (tertiary/aromatic N) is 1. The minimum absolute atomic E-state index is 0.376. The van der Waals surface area contributed by atoms with Crippen molar-refractivity contribution in [2.24, 2.45) is 11.3 Å². The zero-order valence-corrected chi connectivity index (χ0v) is 10.4. The van der Waals surface area contributed by atoms with Crippen molar-refractivity contribution < 1.29 is 8.39 Å². The topological polar surface area (TPSA) is 29.5 Å². The summed E-state index contributed by atoms with van der Waals surface area (Å²) in [6, 6.07) is 0. The van der Waals surface area contributed by atoms with Crippen molar-refractivity contribution in [2.75, 3.05) is 20.2 Å². The maximum atomic E-state index is 11.3. The summed E-state index contributed by atoms with van der Waals surface area (Å²) in [7, 11) is 1.49. The lowest BCUT2D eigenvalue weighted by Crippen LogP contribution is -2.39. The molecule has 1 heterocycles. The Morgan fingerprint density at radius 1 is 1.29 bits per heavy atom. The third kappa shape index (κ3) is 3.04. The van der Waals surface area contributed by atoms with Crippen LogP contribution in [0.25, 0.3) is 0 Å². The highest BCUT2D eigenvalue weighted by atomic mass is 32.2. The summed E-state index contributed by atoms with van der Waals surface area (Å²) in [6.07, 6.45) is 2.25. The third-order valence-electron chi connectivity index (χ3n) is 3.03. The van der Waals surface area contributed by atoms with E-state index < -0.39 is 11.3 Å². The molecule has 0 spiro atoms. The fourth-order valence-corrected chi connectivity index (χ4v) is 2.70. The monoisotopic (exact) mass is 219 g/mol. The Morgan fingerprint density at radius 2 is 1.79 bits per heavy atom. The minimum Gasteiger partial charge on any atom is -0.281 e. The average molecular weight is 219 g/mol. The van der Waals surface area contributed by atoms with Gasteiger partial charge in [0.25, 0.3) is 0 Å². The molecule has 1 aliphatic rings. The van der Waals surface area contributed by atoms with Crippen LogP contribution < -0.4 is 0 Å². The molecular formula is C10H21NO2S. The van der Waals surface area contributed by atoms with Crippen molar-refractivity contribution in [1.29, 1.82) is 0 Å². The van der Waals surface area contributed by atoms with Gasteiger partial charge in [0.1, 0.15) is 0 Å². The Morgan fingerprint density at radius 3 is 2.14 bits per heavy atom. The summed E-state index contributed by atoms with van der Waals surface area (Å²) in [5.41, 5.74) is 0.376. The molecule has 0 aromatic carbocycles. The second-order valence-electron chi connectivity index (χ2n) is 4.95. The smallest absolute Gasteiger partial charge is 0.236 e. The highest BCUT2D eigenvalue weighted by molar-refractivity contribution is 7.77. The minimum atomic E-state index is -1.22. The van der Waals surface area contributed by atoms with Crippen molar-refractivity contribution in [3.63, 3.8) is 0 Å². The molecule has 4 heteroatoms. The summed E-state index contributed by atoms with van der Waals surface area (Å²) in [6.45, 7) is 8.62. The van der Waals surface area contributed by atoms with Gasteiger partial charge in [0.2, 0.25) is 11.3 Å². The highest BCUT2D eigenvalue weighted by Gasteiger charge is 2.30. The van der Waals surface area contributed by atoms with Crippen molar-refractivity contribution in [3.05, 3.63) is 0 Å². The summed E-state index contributed by atoms with van der Waals surface area (Å²) >= 11 is -1.22. The highest BCUT2D eigenvalue weighted by Crippen LogP contribution is 2.34. The van der Waals surface area contributed by atoms with Gasteiger partial charge in [-0.15, -0.1) is 0 Å². The van der Waals surface area contributed by atoms with E-state index in [0.717, 1.165) is 31.8 Å². The molecule has 0 bridgehead atoms. The molecule has 3 nitrogen and oxygen atoms in total. The first-order chi connectivity index (χ1) is 6.45. The second-order valence-corrected chi connectivity index (χ2v) is 6.24. The van der Waals surface area contributed by atoms with Crippen molar-refractivity contribution in [2.45, 2.75) is 33.6 Å². The molecule has 0 aromatic heterocycles. The van der Waals surface area contributed by atoms with Crippen LogP contribution in [-0.2, 0) is 15.4 Å². The van der Waals surface area contributed by atoms with E-state index in [1.165, 1.54) is 7.11 Å². The molecule has 84 valence electrons. The van der Waals surface area contributed by atoms with E-state index in [4.69, 9.17) is 4.18 Å². The van der Waals surface area contributed by atoms with Gasteiger partial charge >= 0.3 is 0 Å². The molecule has 1 saturated heterocycles. The summed E-state index contributed by atoms with van der Waals surface area (Å²) < 4.78 is 18.1. The first-order valence-corrected chi connectivity index (χ1v) is 6.19. The molecule has 1 fully saturated rings.